The Morgan fingerprint density at radius 1 is 1.22 bits per heavy atom. The van der Waals surface area contributed by atoms with Crippen molar-refractivity contribution < 1.29 is 22.7 Å². The van der Waals surface area contributed by atoms with E-state index in [1.807, 2.05) is 0 Å². The number of ether oxygens (including phenoxy) is 1. The molecule has 23 heavy (non-hydrogen) atoms. The van der Waals surface area contributed by atoms with Crippen LogP contribution in [0.3, 0.4) is 0 Å². The maximum atomic E-state index is 12.2. The molecular formula is C15H20ClF3N2O2. The summed E-state index contributed by atoms with van der Waals surface area (Å²) in [6.07, 6.45) is -4.20. The molecule has 1 heterocycles. The maximum absolute atomic E-state index is 12.2. The van der Waals surface area contributed by atoms with E-state index in [4.69, 9.17) is 10.5 Å². The van der Waals surface area contributed by atoms with Gasteiger partial charge in [-0.15, -0.1) is 12.4 Å². The number of hydrogen-bond acceptors (Lipinski definition) is 3. The van der Waals surface area contributed by atoms with E-state index in [1.165, 1.54) is 0 Å². The van der Waals surface area contributed by atoms with Crippen molar-refractivity contribution in [2.24, 2.45) is 5.73 Å². The van der Waals surface area contributed by atoms with Crippen molar-refractivity contribution in [2.45, 2.75) is 37.4 Å². The molecule has 1 amide bonds. The second-order valence-electron chi connectivity index (χ2n) is 5.53. The third kappa shape index (κ3) is 6.01. The van der Waals surface area contributed by atoms with Crippen LogP contribution >= 0.6 is 12.4 Å². The average Bonchev–Trinajstić information content (AvgIpc) is 2.46. The second kappa shape index (κ2) is 7.99. The lowest BCUT2D eigenvalue weighted by Crippen LogP contribution is -2.54. The molecule has 0 saturated carbocycles. The Labute approximate surface area is 139 Å². The normalized spacial score (nSPS) is 17.2. The molecule has 0 atom stereocenters. The minimum atomic E-state index is -4.16. The highest BCUT2D eigenvalue weighted by molar-refractivity contribution is 5.98. The number of halogens is 4. The lowest BCUT2D eigenvalue weighted by molar-refractivity contribution is -0.134. The van der Waals surface area contributed by atoms with E-state index in [-0.39, 0.29) is 24.7 Å². The van der Waals surface area contributed by atoms with E-state index >= 15 is 0 Å². The predicted molar refractivity (Wildman–Crippen MR) is 83.7 cm³/mol. The number of anilines is 1. The van der Waals surface area contributed by atoms with Crippen LogP contribution in [0, 0.1) is 0 Å². The lowest BCUT2D eigenvalue weighted by Gasteiger charge is -2.31. The zero-order chi connectivity index (χ0) is 16.2. The fourth-order valence-corrected chi connectivity index (χ4v) is 2.26. The molecule has 0 unspecified atom stereocenters. The first kappa shape index (κ1) is 19.7. The molecule has 130 valence electrons. The molecule has 0 spiro atoms. The molecule has 0 aromatic heterocycles. The number of alkyl halides is 3. The van der Waals surface area contributed by atoms with Gasteiger partial charge in [0.1, 0.15) is 5.54 Å². The van der Waals surface area contributed by atoms with Crippen molar-refractivity contribution in [3.8, 4) is 0 Å². The Kier molecular flexibility index (Phi) is 6.85. The van der Waals surface area contributed by atoms with Gasteiger partial charge >= 0.3 is 6.18 Å². The first-order valence-electron chi connectivity index (χ1n) is 7.12. The molecule has 0 radical (unpaired) electrons. The van der Waals surface area contributed by atoms with Gasteiger partial charge in [0.05, 0.1) is 0 Å². The molecule has 1 aliphatic heterocycles. The summed E-state index contributed by atoms with van der Waals surface area (Å²) in [4.78, 5) is 12.2. The van der Waals surface area contributed by atoms with Crippen molar-refractivity contribution in [1.82, 2.24) is 0 Å². The van der Waals surface area contributed by atoms with Crippen molar-refractivity contribution in [3.05, 3.63) is 29.8 Å². The van der Waals surface area contributed by atoms with E-state index in [1.54, 1.807) is 24.3 Å². The first-order valence-corrected chi connectivity index (χ1v) is 7.12. The maximum Gasteiger partial charge on any atom is 0.389 e. The highest BCUT2D eigenvalue weighted by Gasteiger charge is 2.35. The quantitative estimate of drug-likeness (QED) is 0.875. The molecule has 8 heteroatoms. The molecule has 0 bridgehead atoms. The van der Waals surface area contributed by atoms with Crippen molar-refractivity contribution in [2.75, 3.05) is 18.5 Å². The number of carbonyl (C=O) groups is 1. The molecule has 1 saturated heterocycles. The monoisotopic (exact) mass is 352 g/mol. The van der Waals surface area contributed by atoms with Gasteiger partial charge in [0.25, 0.3) is 0 Å². The number of nitrogens with one attached hydrogen (secondary N) is 1. The molecule has 4 nitrogen and oxygen atoms in total. The largest absolute Gasteiger partial charge is 0.389 e. The third-order valence-electron chi connectivity index (χ3n) is 3.75. The molecule has 1 aliphatic rings. The van der Waals surface area contributed by atoms with Crippen LogP contribution in [0.15, 0.2) is 24.3 Å². The van der Waals surface area contributed by atoms with Gasteiger partial charge in [0, 0.05) is 25.3 Å². The van der Waals surface area contributed by atoms with E-state index in [0.717, 1.165) is 0 Å². The lowest BCUT2D eigenvalue weighted by atomic mass is 9.90. The van der Waals surface area contributed by atoms with Crippen LogP contribution in [0.2, 0.25) is 0 Å². The highest BCUT2D eigenvalue weighted by atomic mass is 35.5. The second-order valence-corrected chi connectivity index (χ2v) is 5.53. The molecule has 2 rings (SSSR count). The minimum absolute atomic E-state index is 0. The van der Waals surface area contributed by atoms with Gasteiger partial charge in [-0.1, -0.05) is 12.1 Å². The van der Waals surface area contributed by atoms with Crippen molar-refractivity contribution >= 4 is 24.0 Å². The van der Waals surface area contributed by atoms with Gasteiger partial charge in [0.15, 0.2) is 0 Å². The molecule has 0 aliphatic carbocycles. The smallest absolute Gasteiger partial charge is 0.381 e. The Morgan fingerprint density at radius 3 is 2.30 bits per heavy atom. The van der Waals surface area contributed by atoms with E-state index < -0.39 is 18.1 Å². The van der Waals surface area contributed by atoms with E-state index in [2.05, 4.69) is 5.32 Å². The number of amides is 1. The fraction of sp³-hybridized carbons (Fsp3) is 0.533. The number of benzene rings is 1. The van der Waals surface area contributed by atoms with Crippen LogP contribution in [0.5, 0.6) is 0 Å². The summed E-state index contributed by atoms with van der Waals surface area (Å²) in [5, 5.41) is 2.71. The van der Waals surface area contributed by atoms with Gasteiger partial charge in [-0.25, -0.2) is 0 Å². The van der Waals surface area contributed by atoms with Crippen LogP contribution in [0.4, 0.5) is 18.9 Å². The summed E-state index contributed by atoms with van der Waals surface area (Å²) in [5.74, 6) is -0.293. The summed E-state index contributed by atoms with van der Waals surface area (Å²) >= 11 is 0. The van der Waals surface area contributed by atoms with Crippen LogP contribution in [-0.4, -0.2) is 30.8 Å². The molecule has 1 fully saturated rings. The highest BCUT2D eigenvalue weighted by Crippen LogP contribution is 2.23. The van der Waals surface area contributed by atoms with Crippen LogP contribution in [-0.2, 0) is 16.0 Å². The zero-order valence-corrected chi connectivity index (χ0v) is 13.3. The zero-order valence-electron chi connectivity index (χ0n) is 12.5. The number of hydrogen-bond donors (Lipinski definition) is 2. The summed E-state index contributed by atoms with van der Waals surface area (Å²) < 4.78 is 41.7. The Balaban J connectivity index is 0.00000264. The Morgan fingerprint density at radius 2 is 1.78 bits per heavy atom. The van der Waals surface area contributed by atoms with E-state index in [0.29, 0.717) is 37.3 Å². The predicted octanol–water partition coefficient (Wildman–Crippen LogP) is 3.05. The average molecular weight is 353 g/mol. The number of rotatable bonds is 4. The van der Waals surface area contributed by atoms with Crippen LogP contribution in [0.25, 0.3) is 0 Å². The number of aryl methyl sites for hydroxylation is 1. The molecular weight excluding hydrogens is 333 g/mol. The number of carbonyl (C=O) groups excluding carboxylic acids is 1. The van der Waals surface area contributed by atoms with Gasteiger partial charge < -0.3 is 15.8 Å². The summed E-state index contributed by atoms with van der Waals surface area (Å²) in [6, 6.07) is 6.33. The molecule has 3 N–H and O–H groups in total. The van der Waals surface area contributed by atoms with Crippen LogP contribution in [0.1, 0.15) is 24.8 Å². The van der Waals surface area contributed by atoms with Gasteiger partial charge in [-0.3, -0.25) is 4.79 Å². The summed E-state index contributed by atoms with van der Waals surface area (Å²) in [6.45, 7) is 0.889. The van der Waals surface area contributed by atoms with Crippen molar-refractivity contribution in [1.29, 1.82) is 0 Å². The van der Waals surface area contributed by atoms with Gasteiger partial charge in [0.2, 0.25) is 5.91 Å². The summed E-state index contributed by atoms with van der Waals surface area (Å²) in [5.41, 5.74) is 6.21. The van der Waals surface area contributed by atoms with Crippen LogP contribution < -0.4 is 11.1 Å². The van der Waals surface area contributed by atoms with Gasteiger partial charge in [-0.2, -0.15) is 13.2 Å². The Hall–Kier alpha value is -1.31. The first-order chi connectivity index (χ1) is 10.3. The molecule has 1 aromatic rings. The summed E-state index contributed by atoms with van der Waals surface area (Å²) in [7, 11) is 0. The SMILES string of the molecule is Cl.NC1(C(=O)Nc2ccc(CCC(F)(F)F)cc2)CCOCC1. The number of nitrogens with two attached hydrogens (primary N) is 1. The third-order valence-corrected chi connectivity index (χ3v) is 3.75. The molecule has 1 aromatic carbocycles. The standard InChI is InChI=1S/C15H19F3N2O2.ClH/c16-15(17,18)6-5-11-1-3-12(4-2-11)20-13(21)14(19)7-9-22-10-8-14;/h1-4H,5-10,19H2,(H,20,21);1H. The van der Waals surface area contributed by atoms with Crippen molar-refractivity contribution in [3.63, 3.8) is 0 Å². The topological polar surface area (TPSA) is 64.4 Å². The minimum Gasteiger partial charge on any atom is -0.381 e. The Bertz CT molecular complexity index is 514. The van der Waals surface area contributed by atoms with Gasteiger partial charge in [-0.05, 0) is 37.0 Å². The van der Waals surface area contributed by atoms with E-state index in [9.17, 15) is 18.0 Å². The fourth-order valence-electron chi connectivity index (χ4n) is 2.26.